The molecule has 0 saturated heterocycles. The van der Waals surface area contributed by atoms with Crippen LogP contribution in [0.1, 0.15) is 34.7 Å². The number of esters is 1. The Morgan fingerprint density at radius 1 is 1.30 bits per heavy atom. The molecule has 0 aliphatic carbocycles. The second kappa shape index (κ2) is 5.88. The van der Waals surface area contributed by atoms with E-state index in [9.17, 15) is 9.59 Å². The van der Waals surface area contributed by atoms with Gasteiger partial charge in [0, 0.05) is 11.2 Å². The summed E-state index contributed by atoms with van der Waals surface area (Å²) < 4.78 is 6.36. The standard InChI is InChI=1S/C14H13ClN2O3/c1-3-20-14(19)13-12(9(2)18)8-17(16-13)11-6-4-10(15)5-7-11/h4-8H,3H2,1-2H3. The Bertz CT molecular complexity index is 647. The zero-order valence-electron chi connectivity index (χ0n) is 11.1. The number of aromatic nitrogens is 2. The molecule has 0 aliphatic rings. The smallest absolute Gasteiger partial charge is 0.359 e. The summed E-state index contributed by atoms with van der Waals surface area (Å²) in [4.78, 5) is 23.4. The fourth-order valence-electron chi connectivity index (χ4n) is 1.71. The average Bonchev–Trinajstić information content (AvgIpc) is 2.85. The number of carbonyl (C=O) groups is 2. The van der Waals surface area contributed by atoms with Crippen LogP contribution in [0.3, 0.4) is 0 Å². The highest BCUT2D eigenvalue weighted by Crippen LogP contribution is 2.16. The van der Waals surface area contributed by atoms with Crippen LogP contribution in [0.4, 0.5) is 0 Å². The largest absolute Gasteiger partial charge is 0.461 e. The van der Waals surface area contributed by atoms with Crippen molar-refractivity contribution < 1.29 is 14.3 Å². The maximum Gasteiger partial charge on any atom is 0.359 e. The second-order valence-electron chi connectivity index (χ2n) is 4.09. The molecule has 0 bridgehead atoms. The molecule has 104 valence electrons. The Morgan fingerprint density at radius 2 is 1.95 bits per heavy atom. The first-order valence-electron chi connectivity index (χ1n) is 6.06. The third-order valence-corrected chi connectivity index (χ3v) is 2.91. The lowest BCUT2D eigenvalue weighted by atomic mass is 10.2. The van der Waals surface area contributed by atoms with E-state index in [1.54, 1.807) is 31.2 Å². The Morgan fingerprint density at radius 3 is 2.50 bits per heavy atom. The van der Waals surface area contributed by atoms with E-state index in [0.717, 1.165) is 0 Å². The number of ketones is 1. The highest BCUT2D eigenvalue weighted by Gasteiger charge is 2.21. The van der Waals surface area contributed by atoms with Gasteiger partial charge in [-0.25, -0.2) is 9.48 Å². The molecule has 0 amide bonds. The first kappa shape index (κ1) is 14.3. The fraction of sp³-hybridized carbons (Fsp3) is 0.214. The van der Waals surface area contributed by atoms with E-state index in [-0.39, 0.29) is 23.6 Å². The summed E-state index contributed by atoms with van der Waals surface area (Å²) in [6, 6.07) is 6.90. The van der Waals surface area contributed by atoms with Crippen LogP contribution < -0.4 is 0 Å². The van der Waals surface area contributed by atoms with E-state index in [1.165, 1.54) is 17.8 Å². The number of ether oxygens (including phenoxy) is 1. The minimum Gasteiger partial charge on any atom is -0.461 e. The Kier molecular flexibility index (Phi) is 4.20. The van der Waals surface area contributed by atoms with E-state index < -0.39 is 5.97 Å². The summed E-state index contributed by atoms with van der Waals surface area (Å²) in [7, 11) is 0. The molecular formula is C14H13ClN2O3. The molecule has 6 heteroatoms. The molecule has 0 radical (unpaired) electrons. The number of nitrogens with zero attached hydrogens (tertiary/aromatic N) is 2. The van der Waals surface area contributed by atoms with Gasteiger partial charge in [0.15, 0.2) is 11.5 Å². The summed E-state index contributed by atoms with van der Waals surface area (Å²) in [5.74, 6) is -0.848. The van der Waals surface area contributed by atoms with E-state index in [0.29, 0.717) is 10.7 Å². The Labute approximate surface area is 121 Å². The second-order valence-corrected chi connectivity index (χ2v) is 4.53. The topological polar surface area (TPSA) is 61.2 Å². The summed E-state index contributed by atoms with van der Waals surface area (Å²) in [6.07, 6.45) is 1.51. The van der Waals surface area contributed by atoms with Gasteiger partial charge in [-0.3, -0.25) is 4.79 Å². The first-order valence-corrected chi connectivity index (χ1v) is 6.44. The van der Waals surface area contributed by atoms with Crippen LogP contribution >= 0.6 is 11.6 Å². The number of rotatable bonds is 4. The molecule has 0 atom stereocenters. The van der Waals surface area contributed by atoms with E-state index in [4.69, 9.17) is 16.3 Å². The molecule has 0 aliphatic heterocycles. The number of halogens is 1. The number of benzene rings is 1. The maximum atomic E-state index is 11.8. The van der Waals surface area contributed by atoms with Crippen molar-refractivity contribution in [3.63, 3.8) is 0 Å². The first-order chi connectivity index (χ1) is 9.52. The third-order valence-electron chi connectivity index (χ3n) is 2.65. The minimum absolute atomic E-state index is 0.0225. The van der Waals surface area contributed by atoms with E-state index in [2.05, 4.69) is 5.10 Å². The summed E-state index contributed by atoms with van der Waals surface area (Å²) >= 11 is 5.82. The van der Waals surface area contributed by atoms with Crippen LogP contribution in [0.2, 0.25) is 5.02 Å². The van der Waals surface area contributed by atoms with Crippen molar-refractivity contribution in [3.8, 4) is 5.69 Å². The molecule has 5 nitrogen and oxygen atoms in total. The molecule has 0 N–H and O–H groups in total. The van der Waals surface area contributed by atoms with Crippen LogP contribution in [0.25, 0.3) is 5.69 Å². The van der Waals surface area contributed by atoms with Gasteiger partial charge in [-0.15, -0.1) is 0 Å². The number of hydrogen-bond donors (Lipinski definition) is 0. The summed E-state index contributed by atoms with van der Waals surface area (Å²) in [5.41, 5.74) is 0.958. The van der Waals surface area contributed by atoms with Crippen LogP contribution in [-0.2, 0) is 4.74 Å². The Hall–Kier alpha value is -2.14. The number of carbonyl (C=O) groups excluding carboxylic acids is 2. The van der Waals surface area contributed by atoms with E-state index >= 15 is 0 Å². The molecule has 1 aromatic heterocycles. The molecule has 0 unspecified atom stereocenters. The van der Waals surface area contributed by atoms with Crippen molar-refractivity contribution in [1.82, 2.24) is 9.78 Å². The molecule has 0 saturated carbocycles. The lowest BCUT2D eigenvalue weighted by Crippen LogP contribution is -2.10. The van der Waals surface area contributed by atoms with Gasteiger partial charge in [0.25, 0.3) is 0 Å². The minimum atomic E-state index is -0.606. The van der Waals surface area contributed by atoms with Crippen molar-refractivity contribution in [3.05, 3.63) is 46.7 Å². The highest BCUT2D eigenvalue weighted by atomic mass is 35.5. The van der Waals surface area contributed by atoms with Gasteiger partial charge >= 0.3 is 5.97 Å². The third kappa shape index (κ3) is 2.88. The van der Waals surface area contributed by atoms with Crippen molar-refractivity contribution >= 4 is 23.4 Å². The molecule has 2 rings (SSSR count). The average molecular weight is 293 g/mol. The molecule has 1 heterocycles. The van der Waals surface area contributed by atoms with Crippen molar-refractivity contribution in [2.75, 3.05) is 6.61 Å². The molecule has 20 heavy (non-hydrogen) atoms. The quantitative estimate of drug-likeness (QED) is 0.642. The zero-order valence-corrected chi connectivity index (χ0v) is 11.8. The Balaban J connectivity index is 2.46. The van der Waals surface area contributed by atoms with Crippen molar-refractivity contribution in [2.24, 2.45) is 0 Å². The lowest BCUT2D eigenvalue weighted by molar-refractivity contribution is 0.0516. The molecule has 0 spiro atoms. The highest BCUT2D eigenvalue weighted by molar-refractivity contribution is 6.30. The molecule has 2 aromatic rings. The van der Waals surface area contributed by atoms with Crippen LogP contribution in [-0.4, -0.2) is 28.1 Å². The number of hydrogen-bond acceptors (Lipinski definition) is 4. The predicted octanol–water partition coefficient (Wildman–Crippen LogP) is 2.91. The van der Waals surface area contributed by atoms with Crippen molar-refractivity contribution in [1.29, 1.82) is 0 Å². The number of Topliss-reactive ketones (excluding diaryl/α,β-unsaturated/α-hetero) is 1. The normalized spacial score (nSPS) is 10.3. The summed E-state index contributed by atoms with van der Waals surface area (Å²) in [6.45, 7) is 3.30. The lowest BCUT2D eigenvalue weighted by Gasteiger charge is -2.01. The van der Waals surface area contributed by atoms with Crippen molar-refractivity contribution in [2.45, 2.75) is 13.8 Å². The summed E-state index contributed by atoms with van der Waals surface area (Å²) in [5, 5.41) is 4.72. The zero-order chi connectivity index (χ0) is 14.7. The van der Waals surface area contributed by atoms with Crippen LogP contribution in [0, 0.1) is 0 Å². The molecule has 0 fully saturated rings. The predicted molar refractivity (Wildman–Crippen MR) is 74.5 cm³/mol. The van der Waals surface area contributed by atoms with Gasteiger partial charge in [-0.1, -0.05) is 11.6 Å². The van der Waals surface area contributed by atoms with Gasteiger partial charge in [0.05, 0.1) is 17.9 Å². The van der Waals surface area contributed by atoms with Crippen LogP contribution in [0.15, 0.2) is 30.5 Å². The van der Waals surface area contributed by atoms with Gasteiger partial charge in [0.2, 0.25) is 0 Å². The maximum absolute atomic E-state index is 11.8. The van der Waals surface area contributed by atoms with Crippen LogP contribution in [0.5, 0.6) is 0 Å². The molecule has 1 aromatic carbocycles. The fourth-order valence-corrected chi connectivity index (χ4v) is 1.83. The monoisotopic (exact) mass is 292 g/mol. The van der Waals surface area contributed by atoms with Gasteiger partial charge in [-0.2, -0.15) is 5.10 Å². The van der Waals surface area contributed by atoms with E-state index in [1.807, 2.05) is 0 Å². The molecular weight excluding hydrogens is 280 g/mol. The SMILES string of the molecule is CCOC(=O)c1nn(-c2ccc(Cl)cc2)cc1C(C)=O. The van der Waals surface area contributed by atoms with Gasteiger partial charge in [0.1, 0.15) is 0 Å². The van der Waals surface area contributed by atoms with Gasteiger partial charge < -0.3 is 4.74 Å². The van der Waals surface area contributed by atoms with Gasteiger partial charge in [-0.05, 0) is 38.1 Å².